The maximum Gasteiger partial charge on any atom is 0.00989 e. The van der Waals surface area contributed by atoms with Gasteiger partial charge in [0.15, 0.2) is 0 Å². The van der Waals surface area contributed by atoms with Gasteiger partial charge in [0.05, 0.1) is 0 Å². The Morgan fingerprint density at radius 1 is 1.12 bits per heavy atom. The molecule has 2 nitrogen and oxygen atoms in total. The second-order valence-corrected chi connectivity index (χ2v) is 6.36. The van der Waals surface area contributed by atoms with Crippen molar-refractivity contribution in [3.63, 3.8) is 0 Å². The molecule has 0 spiro atoms. The van der Waals surface area contributed by atoms with Crippen molar-refractivity contribution in [2.45, 2.75) is 76.9 Å². The van der Waals surface area contributed by atoms with Gasteiger partial charge >= 0.3 is 0 Å². The molecule has 0 aromatic heterocycles. The summed E-state index contributed by atoms with van der Waals surface area (Å²) in [5.41, 5.74) is 6.48. The SMILES string of the molecule is CCC(CC)CC(N)C1CC2CCC(C1)N2C. The highest BCUT2D eigenvalue weighted by atomic mass is 15.2. The summed E-state index contributed by atoms with van der Waals surface area (Å²) in [6.07, 6.45) is 9.38. The van der Waals surface area contributed by atoms with E-state index in [1.54, 1.807) is 0 Å². The summed E-state index contributed by atoms with van der Waals surface area (Å²) in [5, 5.41) is 0. The van der Waals surface area contributed by atoms with Gasteiger partial charge < -0.3 is 10.6 Å². The Labute approximate surface area is 107 Å². The summed E-state index contributed by atoms with van der Waals surface area (Å²) in [4.78, 5) is 2.61. The van der Waals surface area contributed by atoms with E-state index in [0.29, 0.717) is 6.04 Å². The average molecular weight is 238 g/mol. The summed E-state index contributed by atoms with van der Waals surface area (Å²) >= 11 is 0. The number of nitrogens with zero attached hydrogens (tertiary/aromatic N) is 1. The maximum atomic E-state index is 6.48. The molecule has 2 saturated heterocycles. The number of rotatable bonds is 5. The maximum absolute atomic E-state index is 6.48. The Balaban J connectivity index is 1.87. The van der Waals surface area contributed by atoms with E-state index in [0.717, 1.165) is 23.9 Å². The summed E-state index contributed by atoms with van der Waals surface area (Å²) in [6, 6.07) is 2.13. The van der Waals surface area contributed by atoms with Crippen LogP contribution in [0.25, 0.3) is 0 Å². The molecule has 0 amide bonds. The van der Waals surface area contributed by atoms with Gasteiger partial charge in [-0.3, -0.25) is 0 Å². The summed E-state index contributed by atoms with van der Waals surface area (Å²) in [6.45, 7) is 4.61. The van der Waals surface area contributed by atoms with Crippen LogP contribution in [0.5, 0.6) is 0 Å². The van der Waals surface area contributed by atoms with Crippen LogP contribution < -0.4 is 5.73 Å². The Kier molecular flexibility index (Phi) is 4.48. The highest BCUT2D eigenvalue weighted by Gasteiger charge is 2.40. The fourth-order valence-corrected chi connectivity index (χ4v) is 4.00. The molecule has 2 fully saturated rings. The van der Waals surface area contributed by atoms with Gasteiger partial charge in [0.2, 0.25) is 0 Å². The third-order valence-corrected chi connectivity index (χ3v) is 5.50. The van der Waals surface area contributed by atoms with Crippen molar-refractivity contribution in [1.82, 2.24) is 4.90 Å². The van der Waals surface area contributed by atoms with Gasteiger partial charge in [-0.25, -0.2) is 0 Å². The van der Waals surface area contributed by atoms with Crippen molar-refractivity contribution in [2.75, 3.05) is 7.05 Å². The van der Waals surface area contributed by atoms with E-state index >= 15 is 0 Å². The Bertz CT molecular complexity index is 223. The summed E-state index contributed by atoms with van der Waals surface area (Å²) < 4.78 is 0. The molecule has 2 aliphatic rings. The summed E-state index contributed by atoms with van der Waals surface area (Å²) in [7, 11) is 2.31. The van der Waals surface area contributed by atoms with Crippen LogP contribution in [0.1, 0.15) is 58.8 Å². The largest absolute Gasteiger partial charge is 0.327 e. The quantitative estimate of drug-likeness (QED) is 0.798. The van der Waals surface area contributed by atoms with Crippen LogP contribution in [0.2, 0.25) is 0 Å². The van der Waals surface area contributed by atoms with Crippen molar-refractivity contribution >= 4 is 0 Å². The van der Waals surface area contributed by atoms with Crippen molar-refractivity contribution in [2.24, 2.45) is 17.6 Å². The normalized spacial score (nSPS) is 35.5. The fourth-order valence-electron chi connectivity index (χ4n) is 4.00. The second-order valence-electron chi connectivity index (χ2n) is 6.36. The number of hydrogen-bond acceptors (Lipinski definition) is 2. The molecule has 17 heavy (non-hydrogen) atoms. The van der Waals surface area contributed by atoms with E-state index in [1.807, 2.05) is 0 Å². The minimum absolute atomic E-state index is 0.455. The molecular weight excluding hydrogens is 208 g/mol. The van der Waals surface area contributed by atoms with Crippen molar-refractivity contribution in [3.05, 3.63) is 0 Å². The van der Waals surface area contributed by atoms with E-state index in [4.69, 9.17) is 5.73 Å². The van der Waals surface area contributed by atoms with Gasteiger partial charge in [0.25, 0.3) is 0 Å². The van der Waals surface area contributed by atoms with Gasteiger partial charge in [-0.2, -0.15) is 0 Å². The van der Waals surface area contributed by atoms with Gasteiger partial charge in [-0.05, 0) is 51.0 Å². The number of fused-ring (bicyclic) bond motifs is 2. The molecule has 0 aromatic rings. The van der Waals surface area contributed by atoms with E-state index in [9.17, 15) is 0 Å². The zero-order chi connectivity index (χ0) is 12.4. The topological polar surface area (TPSA) is 29.3 Å². The first-order chi connectivity index (χ1) is 8.15. The zero-order valence-corrected chi connectivity index (χ0v) is 11.9. The molecule has 0 aromatic carbocycles. The molecule has 2 N–H and O–H groups in total. The highest BCUT2D eigenvalue weighted by molar-refractivity contribution is 4.96. The van der Waals surface area contributed by atoms with Crippen LogP contribution >= 0.6 is 0 Å². The minimum atomic E-state index is 0.455. The number of hydrogen-bond donors (Lipinski definition) is 1. The predicted octanol–water partition coefficient (Wildman–Crippen LogP) is 3.01. The van der Waals surface area contributed by atoms with Gasteiger partial charge in [-0.1, -0.05) is 26.7 Å². The predicted molar refractivity (Wildman–Crippen MR) is 74.0 cm³/mol. The lowest BCUT2D eigenvalue weighted by molar-refractivity contribution is 0.114. The van der Waals surface area contributed by atoms with Gasteiger partial charge in [0.1, 0.15) is 0 Å². The Morgan fingerprint density at radius 2 is 1.65 bits per heavy atom. The standard InChI is InChI=1S/C15H30N2/c1-4-11(5-2)8-15(16)12-9-13-6-7-14(10-12)17(13)3/h11-15H,4-10,16H2,1-3H3. The molecular formula is C15H30N2. The van der Waals surface area contributed by atoms with Crippen LogP contribution in [0, 0.1) is 11.8 Å². The number of piperidine rings is 1. The first-order valence-electron chi connectivity index (χ1n) is 7.63. The molecule has 2 heteroatoms. The lowest BCUT2D eigenvalue weighted by Crippen LogP contribution is -2.45. The fraction of sp³-hybridized carbons (Fsp3) is 1.00. The second kappa shape index (κ2) is 5.71. The van der Waals surface area contributed by atoms with Crippen molar-refractivity contribution < 1.29 is 0 Å². The van der Waals surface area contributed by atoms with Crippen LogP contribution in [-0.4, -0.2) is 30.1 Å². The molecule has 100 valence electrons. The third-order valence-electron chi connectivity index (χ3n) is 5.50. The minimum Gasteiger partial charge on any atom is -0.327 e. The van der Waals surface area contributed by atoms with Gasteiger partial charge in [0, 0.05) is 18.1 Å². The molecule has 3 atom stereocenters. The molecule has 0 radical (unpaired) electrons. The van der Waals surface area contributed by atoms with Gasteiger partial charge in [-0.15, -0.1) is 0 Å². The Hall–Kier alpha value is -0.0800. The van der Waals surface area contributed by atoms with E-state index in [1.165, 1.54) is 44.9 Å². The Morgan fingerprint density at radius 3 is 2.12 bits per heavy atom. The third kappa shape index (κ3) is 2.85. The lowest BCUT2D eigenvalue weighted by atomic mass is 9.81. The van der Waals surface area contributed by atoms with E-state index in [2.05, 4.69) is 25.8 Å². The molecule has 0 aliphatic carbocycles. The van der Waals surface area contributed by atoms with Crippen LogP contribution in [0.15, 0.2) is 0 Å². The molecule has 0 saturated carbocycles. The van der Waals surface area contributed by atoms with Crippen LogP contribution in [0.4, 0.5) is 0 Å². The van der Waals surface area contributed by atoms with Crippen molar-refractivity contribution in [3.8, 4) is 0 Å². The molecule has 2 aliphatic heterocycles. The summed E-state index contributed by atoms with van der Waals surface area (Å²) in [5.74, 6) is 1.65. The molecule has 2 bridgehead atoms. The van der Waals surface area contributed by atoms with Crippen LogP contribution in [0.3, 0.4) is 0 Å². The monoisotopic (exact) mass is 238 g/mol. The zero-order valence-electron chi connectivity index (χ0n) is 11.9. The number of nitrogens with two attached hydrogens (primary N) is 1. The van der Waals surface area contributed by atoms with E-state index < -0.39 is 0 Å². The molecule has 2 heterocycles. The average Bonchev–Trinajstić information content (AvgIpc) is 2.58. The molecule has 3 unspecified atom stereocenters. The highest BCUT2D eigenvalue weighted by Crippen LogP contribution is 2.39. The smallest absolute Gasteiger partial charge is 0.00989 e. The van der Waals surface area contributed by atoms with E-state index in [-0.39, 0.29) is 0 Å². The van der Waals surface area contributed by atoms with Crippen molar-refractivity contribution in [1.29, 1.82) is 0 Å². The first kappa shape index (κ1) is 13.4. The lowest BCUT2D eigenvalue weighted by Gasteiger charge is -2.39. The van der Waals surface area contributed by atoms with Crippen LogP contribution in [-0.2, 0) is 0 Å². The molecule has 2 rings (SSSR count). The first-order valence-corrected chi connectivity index (χ1v) is 7.63.